The molecule has 21 heavy (non-hydrogen) atoms. The molecule has 9 heteroatoms. The zero-order valence-electron chi connectivity index (χ0n) is 11.9. The summed E-state index contributed by atoms with van der Waals surface area (Å²) in [4.78, 5) is 0. The maximum absolute atomic E-state index is 12.8. The van der Waals surface area contributed by atoms with Crippen molar-refractivity contribution in [1.82, 2.24) is 9.03 Å². The Morgan fingerprint density at radius 2 is 1.71 bits per heavy atom. The van der Waals surface area contributed by atoms with Crippen LogP contribution in [0.2, 0.25) is 0 Å². The highest BCUT2D eigenvalue weighted by Crippen LogP contribution is 2.09. The standard InChI is InChI=1S/C12H19FN2O4S2/c1-3-21(18,19)14-8-9-15(20(2,16)17)10-11-4-6-12(13)7-5-11/h4-7,14H,3,8-10H2,1-2H3. The van der Waals surface area contributed by atoms with Gasteiger partial charge in [0.15, 0.2) is 0 Å². The monoisotopic (exact) mass is 338 g/mol. The summed E-state index contributed by atoms with van der Waals surface area (Å²) in [5, 5.41) is 0. The number of hydrogen-bond donors (Lipinski definition) is 1. The van der Waals surface area contributed by atoms with Crippen LogP contribution in [0, 0.1) is 5.82 Å². The van der Waals surface area contributed by atoms with Crippen LogP contribution in [0.15, 0.2) is 24.3 Å². The number of sulfonamides is 2. The van der Waals surface area contributed by atoms with Crippen molar-refractivity contribution in [3.63, 3.8) is 0 Å². The highest BCUT2D eigenvalue weighted by atomic mass is 32.2. The fraction of sp³-hybridized carbons (Fsp3) is 0.500. The zero-order chi connectivity index (χ0) is 16.1. The van der Waals surface area contributed by atoms with Crippen molar-refractivity contribution in [3.05, 3.63) is 35.6 Å². The van der Waals surface area contributed by atoms with Gasteiger partial charge in [-0.1, -0.05) is 12.1 Å². The third-order valence-electron chi connectivity index (χ3n) is 2.80. The third-order valence-corrected chi connectivity index (χ3v) is 5.46. The summed E-state index contributed by atoms with van der Waals surface area (Å²) < 4.78 is 62.3. The summed E-state index contributed by atoms with van der Waals surface area (Å²) in [6.07, 6.45) is 1.05. The SMILES string of the molecule is CCS(=O)(=O)NCCN(Cc1ccc(F)cc1)S(C)(=O)=O. The molecule has 0 aliphatic rings. The van der Waals surface area contributed by atoms with E-state index in [0.29, 0.717) is 5.56 Å². The van der Waals surface area contributed by atoms with Crippen LogP contribution < -0.4 is 4.72 Å². The average Bonchev–Trinajstić information content (AvgIpc) is 2.39. The van der Waals surface area contributed by atoms with Gasteiger partial charge in [-0.3, -0.25) is 0 Å². The molecule has 0 saturated heterocycles. The van der Waals surface area contributed by atoms with Gasteiger partial charge in [-0.25, -0.2) is 25.9 Å². The lowest BCUT2D eigenvalue weighted by molar-refractivity contribution is 0.412. The van der Waals surface area contributed by atoms with Gasteiger partial charge in [0, 0.05) is 19.6 Å². The Labute approximate surface area is 125 Å². The molecule has 120 valence electrons. The molecule has 0 spiro atoms. The molecule has 0 heterocycles. The second-order valence-electron chi connectivity index (χ2n) is 4.52. The average molecular weight is 338 g/mol. The van der Waals surface area contributed by atoms with E-state index in [-0.39, 0.29) is 25.4 Å². The smallest absolute Gasteiger partial charge is 0.211 e. The number of hydrogen-bond acceptors (Lipinski definition) is 4. The molecule has 0 aliphatic carbocycles. The maximum Gasteiger partial charge on any atom is 0.211 e. The van der Waals surface area contributed by atoms with E-state index in [2.05, 4.69) is 4.72 Å². The number of halogens is 1. The molecule has 0 saturated carbocycles. The molecule has 1 aromatic rings. The van der Waals surface area contributed by atoms with Crippen LogP contribution in [-0.4, -0.2) is 46.2 Å². The largest absolute Gasteiger partial charge is 0.214 e. The molecule has 0 fully saturated rings. The summed E-state index contributed by atoms with van der Waals surface area (Å²) in [7, 11) is -6.85. The fourth-order valence-corrected chi connectivity index (χ4v) is 3.00. The topological polar surface area (TPSA) is 83.6 Å². The molecule has 6 nitrogen and oxygen atoms in total. The van der Waals surface area contributed by atoms with E-state index in [0.717, 1.165) is 10.6 Å². The van der Waals surface area contributed by atoms with Gasteiger partial charge in [-0.2, -0.15) is 4.31 Å². The summed E-state index contributed by atoms with van der Waals surface area (Å²) in [5.74, 6) is -0.468. The highest BCUT2D eigenvalue weighted by Gasteiger charge is 2.17. The summed E-state index contributed by atoms with van der Waals surface area (Å²) in [5.41, 5.74) is 0.625. The van der Waals surface area contributed by atoms with Crippen molar-refractivity contribution in [2.45, 2.75) is 13.5 Å². The van der Waals surface area contributed by atoms with Gasteiger partial charge in [-0.15, -0.1) is 0 Å². The molecule has 1 N–H and O–H groups in total. The lowest BCUT2D eigenvalue weighted by Gasteiger charge is -2.20. The second-order valence-corrected chi connectivity index (χ2v) is 8.60. The first-order valence-corrected chi connectivity index (χ1v) is 9.81. The van der Waals surface area contributed by atoms with Gasteiger partial charge in [0.2, 0.25) is 20.0 Å². The Kier molecular flexibility index (Phi) is 6.26. The first-order valence-electron chi connectivity index (χ1n) is 6.31. The van der Waals surface area contributed by atoms with Crippen LogP contribution in [-0.2, 0) is 26.6 Å². The lowest BCUT2D eigenvalue weighted by atomic mass is 10.2. The van der Waals surface area contributed by atoms with Gasteiger partial charge in [-0.05, 0) is 24.6 Å². The van der Waals surface area contributed by atoms with Crippen LogP contribution in [0.1, 0.15) is 12.5 Å². The minimum absolute atomic E-state index is 0.00936. The molecule has 0 unspecified atom stereocenters. The van der Waals surface area contributed by atoms with E-state index in [9.17, 15) is 21.2 Å². The molecule has 0 atom stereocenters. The fourth-order valence-electron chi connectivity index (χ4n) is 1.58. The maximum atomic E-state index is 12.8. The van der Waals surface area contributed by atoms with E-state index in [1.165, 1.54) is 31.2 Å². The van der Waals surface area contributed by atoms with Crippen molar-refractivity contribution in [1.29, 1.82) is 0 Å². The minimum Gasteiger partial charge on any atom is -0.214 e. The molecular weight excluding hydrogens is 319 g/mol. The molecule has 0 aromatic heterocycles. The van der Waals surface area contributed by atoms with Gasteiger partial charge in [0.05, 0.1) is 12.0 Å². The van der Waals surface area contributed by atoms with Crippen molar-refractivity contribution in [2.75, 3.05) is 25.1 Å². The normalized spacial score (nSPS) is 12.8. The predicted octanol–water partition coefficient (Wildman–Crippen LogP) is 0.527. The summed E-state index contributed by atoms with van der Waals surface area (Å²) in [6.45, 7) is 1.56. The van der Waals surface area contributed by atoms with Crippen LogP contribution in [0.5, 0.6) is 0 Å². The van der Waals surface area contributed by atoms with Crippen LogP contribution >= 0.6 is 0 Å². The number of benzene rings is 1. The molecular formula is C12H19FN2O4S2. The first-order chi connectivity index (χ1) is 9.64. The Hall–Kier alpha value is -1.03. The van der Waals surface area contributed by atoms with E-state index in [1.54, 1.807) is 0 Å². The van der Waals surface area contributed by atoms with Gasteiger partial charge in [0.25, 0.3) is 0 Å². The van der Waals surface area contributed by atoms with Crippen LogP contribution in [0.25, 0.3) is 0 Å². The Morgan fingerprint density at radius 3 is 2.19 bits per heavy atom. The second kappa shape index (κ2) is 7.30. The summed E-state index contributed by atoms with van der Waals surface area (Å²) in [6, 6.07) is 5.47. The minimum atomic E-state index is -3.49. The van der Waals surface area contributed by atoms with Crippen molar-refractivity contribution in [3.8, 4) is 0 Å². The van der Waals surface area contributed by atoms with Crippen LogP contribution in [0.3, 0.4) is 0 Å². The Bertz CT molecular complexity index is 657. The van der Waals surface area contributed by atoms with E-state index in [1.807, 2.05) is 0 Å². The molecule has 0 radical (unpaired) electrons. The highest BCUT2D eigenvalue weighted by molar-refractivity contribution is 7.89. The van der Waals surface area contributed by atoms with Crippen molar-refractivity contribution >= 4 is 20.0 Å². The van der Waals surface area contributed by atoms with Gasteiger partial charge >= 0.3 is 0 Å². The van der Waals surface area contributed by atoms with Gasteiger partial charge in [0.1, 0.15) is 5.82 Å². The predicted molar refractivity (Wildman–Crippen MR) is 79.1 cm³/mol. The molecule has 0 bridgehead atoms. The summed E-state index contributed by atoms with van der Waals surface area (Å²) >= 11 is 0. The number of nitrogens with one attached hydrogen (secondary N) is 1. The number of nitrogens with zero attached hydrogens (tertiary/aromatic N) is 1. The molecule has 1 rings (SSSR count). The van der Waals surface area contributed by atoms with E-state index in [4.69, 9.17) is 0 Å². The first kappa shape index (κ1) is 18.0. The zero-order valence-corrected chi connectivity index (χ0v) is 13.5. The third kappa shape index (κ3) is 6.51. The number of rotatable bonds is 8. The van der Waals surface area contributed by atoms with Crippen molar-refractivity contribution in [2.24, 2.45) is 0 Å². The Balaban J connectivity index is 2.72. The molecule has 1 aromatic carbocycles. The van der Waals surface area contributed by atoms with Crippen LogP contribution in [0.4, 0.5) is 4.39 Å². The lowest BCUT2D eigenvalue weighted by Crippen LogP contribution is -2.38. The Morgan fingerprint density at radius 1 is 1.14 bits per heavy atom. The van der Waals surface area contributed by atoms with Crippen molar-refractivity contribution < 1.29 is 21.2 Å². The van der Waals surface area contributed by atoms with E-state index < -0.39 is 25.9 Å². The van der Waals surface area contributed by atoms with E-state index >= 15 is 0 Å². The molecule has 0 aliphatic heterocycles. The quantitative estimate of drug-likeness (QED) is 0.749. The molecule has 0 amide bonds. The van der Waals surface area contributed by atoms with Gasteiger partial charge < -0.3 is 0 Å².